The summed E-state index contributed by atoms with van der Waals surface area (Å²) in [4.78, 5) is 80.0. The second kappa shape index (κ2) is 52.1. The lowest BCUT2D eigenvalue weighted by Crippen LogP contribution is -2.35. The maximum Gasteiger partial charge on any atom is 0.528 e. The molecule has 5 aliphatic rings. The largest absolute Gasteiger partial charge is 0.528 e. The van der Waals surface area contributed by atoms with Crippen molar-refractivity contribution in [3.63, 3.8) is 0 Å². The predicted octanol–water partition coefficient (Wildman–Crippen LogP) is 39.6. The number of hydrogen-bond acceptors (Lipinski definition) is 13. The van der Waals surface area contributed by atoms with Crippen molar-refractivity contribution in [1.29, 1.82) is 10.5 Å². The van der Waals surface area contributed by atoms with Gasteiger partial charge < -0.3 is 9.47 Å². The zero-order chi connectivity index (χ0) is 95.4. The highest BCUT2D eigenvalue weighted by Gasteiger charge is 2.49. The highest BCUT2D eigenvalue weighted by atomic mass is 35.5. The van der Waals surface area contributed by atoms with E-state index in [1.54, 1.807) is 52.2 Å². The first-order valence-corrected chi connectivity index (χ1v) is 57.4. The van der Waals surface area contributed by atoms with Crippen molar-refractivity contribution in [3.8, 4) is 62.7 Å². The molecule has 0 fully saturated rings. The number of nitriles is 2. The zero-order valence-electron chi connectivity index (χ0n) is 80.9. The number of hydrogen-bond donors (Lipinski definition) is 0. The summed E-state index contributed by atoms with van der Waals surface area (Å²) in [5.74, 6) is 0.125. The Labute approximate surface area is 846 Å². The van der Waals surface area contributed by atoms with Gasteiger partial charge in [0.15, 0.2) is 23.1 Å². The van der Waals surface area contributed by atoms with Crippen LogP contribution in [0.3, 0.4) is 0 Å². The fourth-order valence-corrected chi connectivity index (χ4v) is 28.1. The predicted molar refractivity (Wildman–Crippen MR) is 573 cm³/mol. The summed E-state index contributed by atoms with van der Waals surface area (Å²) in [6.45, 7) is 30.1. The first-order valence-electron chi connectivity index (χ1n) is 51.8. The fraction of sp³-hybridized carbons (Fsp3) is 0.534. The number of nitrogens with zero attached hydrogens (tertiary/aromatic N) is 4. The summed E-state index contributed by atoms with van der Waals surface area (Å²) in [6, 6.07) is 23.4. The van der Waals surface area contributed by atoms with E-state index in [0.29, 0.717) is 54.6 Å². The average Bonchev–Trinajstić information content (AvgIpc) is 1.56. The van der Waals surface area contributed by atoms with Crippen LogP contribution >= 0.6 is 103 Å². The molecule has 3 aliphatic carbocycles. The number of halogens is 4. The fourth-order valence-electron chi connectivity index (χ4n) is 21.1. The van der Waals surface area contributed by atoms with Gasteiger partial charge in [0.1, 0.15) is 53.6 Å². The number of thiophene rings is 5. The van der Waals surface area contributed by atoms with E-state index < -0.39 is 11.2 Å². The maximum absolute atomic E-state index is 17.1. The Bertz CT molecular complexity index is 5400. The first-order chi connectivity index (χ1) is 65.9. The Morgan fingerprint density at radius 2 is 0.615 bits per heavy atom. The maximum atomic E-state index is 17.1. The van der Waals surface area contributed by atoms with E-state index in [0.717, 1.165) is 228 Å². The van der Waals surface area contributed by atoms with Crippen LogP contribution in [0.2, 0.25) is 20.1 Å². The van der Waals surface area contributed by atoms with Crippen molar-refractivity contribution >= 4 is 150 Å². The molecule has 0 spiro atoms. The molecule has 0 N–H and O–H groups in total. The van der Waals surface area contributed by atoms with Crippen LogP contribution in [0, 0.1) is 35.8 Å². The number of ketones is 4. The molecule has 13 rings (SSSR count). The first kappa shape index (κ1) is 105. The van der Waals surface area contributed by atoms with Crippen LogP contribution in [0.5, 0.6) is 11.5 Å². The second-order valence-corrected chi connectivity index (χ2v) is 45.5. The van der Waals surface area contributed by atoms with Crippen molar-refractivity contribution in [2.24, 2.45) is 0 Å². The summed E-state index contributed by atoms with van der Waals surface area (Å²) in [5.41, 5.74) is 6.50. The van der Waals surface area contributed by atoms with Crippen LogP contribution in [-0.2, 0) is 24.0 Å². The highest BCUT2D eigenvalue weighted by Crippen LogP contribution is 2.63. The summed E-state index contributed by atoms with van der Waals surface area (Å²) >= 11 is 34.6. The molecule has 0 saturated carbocycles. The number of carbonyl (C=O) groups excluding carboxylic acids is 4. The number of allylic oxidation sites excluding steroid dienone is 5. The van der Waals surface area contributed by atoms with Crippen LogP contribution in [-0.4, -0.2) is 23.1 Å². The molecular formula is C116H138Cl4N4O6S5. The minimum Gasteiger partial charge on any atom is -0.481 e. The normalized spacial score (nSPS) is 14.7. The van der Waals surface area contributed by atoms with Crippen LogP contribution < -0.4 is 9.47 Å². The molecular weight excluding hydrogens is 1850 g/mol. The van der Waals surface area contributed by atoms with E-state index in [2.05, 4.69) is 87.6 Å². The zero-order valence-corrected chi connectivity index (χ0v) is 88.0. The number of ether oxygens (including phenoxy) is 2. The van der Waals surface area contributed by atoms with Gasteiger partial charge in [-0.05, 0) is 172 Å². The van der Waals surface area contributed by atoms with E-state index in [9.17, 15) is 20.1 Å². The highest BCUT2D eigenvalue weighted by molar-refractivity contribution is 7.30. The van der Waals surface area contributed by atoms with E-state index in [4.69, 9.17) is 69.0 Å². The third kappa shape index (κ3) is 25.3. The Balaban J connectivity index is 1.01. The van der Waals surface area contributed by atoms with Crippen molar-refractivity contribution in [1.82, 2.24) is 0 Å². The number of fused-ring (bicyclic) bond motifs is 10. The van der Waals surface area contributed by atoms with Gasteiger partial charge in [-0.1, -0.05) is 358 Å². The van der Waals surface area contributed by atoms with Crippen LogP contribution in [0.25, 0.3) is 72.0 Å². The van der Waals surface area contributed by atoms with E-state index in [-0.39, 0.29) is 88.0 Å². The number of aryl methyl sites for hydroxylation is 2. The van der Waals surface area contributed by atoms with Gasteiger partial charge in [0.2, 0.25) is 0 Å². The van der Waals surface area contributed by atoms with Crippen molar-refractivity contribution < 1.29 is 28.7 Å². The molecule has 0 unspecified atom stereocenters. The number of benzene rings is 3. The lowest BCUT2D eigenvalue weighted by atomic mass is 9.79. The average molecular weight is 1990 g/mol. The third-order valence-corrected chi connectivity index (χ3v) is 36.3. The molecule has 19 heteroatoms. The second-order valence-electron chi connectivity index (χ2n) is 38.6. The molecule has 0 saturated heterocycles. The molecule has 0 radical (unpaired) electrons. The Morgan fingerprint density at radius 3 is 0.926 bits per heavy atom. The van der Waals surface area contributed by atoms with Crippen molar-refractivity contribution in [2.45, 2.75) is 399 Å². The molecule has 2 aliphatic heterocycles. The minimum atomic E-state index is -0.821. The Morgan fingerprint density at radius 1 is 0.333 bits per heavy atom. The van der Waals surface area contributed by atoms with Gasteiger partial charge in [0.25, 0.3) is 0 Å². The van der Waals surface area contributed by atoms with Gasteiger partial charge in [0, 0.05) is 69.6 Å². The number of unbranched alkanes of at least 4 members (excludes halogenated alkanes) is 42. The number of Topliss-reactive ketones (excluding diaryl/α,β-unsaturated/α-hetero) is 2. The Kier molecular flexibility index (Phi) is 40.5. The topological polar surface area (TPSA) is 143 Å². The van der Waals surface area contributed by atoms with Gasteiger partial charge >= 0.3 is 5.82 Å². The quantitative estimate of drug-likeness (QED) is 0.0159. The van der Waals surface area contributed by atoms with Gasteiger partial charge in [-0.2, -0.15) is 20.2 Å². The molecule has 3 aromatic carbocycles. The van der Waals surface area contributed by atoms with Gasteiger partial charge in [-0.3, -0.25) is 19.2 Å². The van der Waals surface area contributed by atoms with E-state index in [1.807, 2.05) is 18.2 Å². The molecule has 0 bridgehead atoms. The summed E-state index contributed by atoms with van der Waals surface area (Å²) in [6.07, 6.45) is 63.8. The minimum absolute atomic E-state index is 0.150. The molecule has 0 atom stereocenters. The summed E-state index contributed by atoms with van der Waals surface area (Å²) < 4.78 is 15.8. The molecule has 5 aromatic heterocycles. The number of carbonyl (C=O) groups is 4. The summed E-state index contributed by atoms with van der Waals surface area (Å²) in [5, 5.41) is 22.0. The SMILES string of the molecule is [C-]#[N+]C([N+]#[C-])=C1/C(=C/c2cc3c(s2)-c2sc(-c4sc(-c5cc6c(s5)-c5sc(/C=C7\C(=O)c8cc(Cl)c(Cl)cc8C7=C(C#N)C#N)cc5OC6(CCCCCCCCCCCC)CCCCCCCCCCCC)c5c4C(=O)c4cc(CCCCCC)c(CCCCCC)cc4C5=O)cc2C(CCCCCCCCCCCC)(CCCCCCCCCCCC)O3)C(=O)c2cc(Cl)c(Cl)cc21. The number of rotatable bonds is 58. The molecule has 10 nitrogen and oxygen atoms in total. The smallest absolute Gasteiger partial charge is 0.481 e. The van der Waals surface area contributed by atoms with Crippen molar-refractivity contribution in [3.05, 3.63) is 203 Å². The van der Waals surface area contributed by atoms with Gasteiger partial charge in [-0.25, -0.2) is 0 Å². The molecule has 7 heterocycles. The molecule has 8 aromatic rings. The van der Waals surface area contributed by atoms with Gasteiger partial charge in [-0.15, -0.1) is 56.7 Å². The van der Waals surface area contributed by atoms with Crippen LogP contribution in [0.1, 0.15) is 471 Å². The van der Waals surface area contributed by atoms with Gasteiger partial charge in [0.05, 0.1) is 66.1 Å². The van der Waals surface area contributed by atoms with E-state index in [1.165, 1.54) is 215 Å². The third-order valence-electron chi connectivity index (χ3n) is 28.5. The Hall–Kier alpha value is -7.48. The van der Waals surface area contributed by atoms with E-state index >= 15 is 9.59 Å². The molecule has 716 valence electrons. The monoisotopic (exact) mass is 1980 g/mol. The molecule has 0 amide bonds. The lowest BCUT2D eigenvalue weighted by Gasteiger charge is -2.38. The lowest BCUT2D eigenvalue weighted by molar-refractivity contribution is 0.0395. The summed E-state index contributed by atoms with van der Waals surface area (Å²) in [7, 11) is 0. The standard InChI is InChI=1S/C116H138Cl4N4O6S5/c1-9-15-21-27-31-35-39-43-47-53-59-115(60-54-48-44-40-36-32-28-22-16-10-2)90-73-98(133-108(90)110-96(129-115)67-80(131-110)65-88-100(79(75-121)76-122)82-69-92(117)94(119)71-86(82)104(88)125)112-102-103(107(128)85-64-78(58-52-26-20-14-6)77(57-51-25-19-13-5)63-84(85)106(102)127)113(135-112)99-74-91-109(134-99)111-97(68-81(132-111)66-89-101(114(123-7)124-8)83-70-93(118)95(120)72-87(83)105(89)126)130-116(91,61-55-49-45-41-37-33-29-23-17-11-3)62-56-50-46-42-38-34-30-24-18-12-4/h63-74H,9-62H2,1-6H3/b88-65-,89-66-. The molecule has 135 heavy (non-hydrogen) atoms. The van der Waals surface area contributed by atoms with Crippen molar-refractivity contribution in [2.75, 3.05) is 0 Å². The van der Waals surface area contributed by atoms with Crippen LogP contribution in [0.15, 0.2) is 83.2 Å². The van der Waals surface area contributed by atoms with Crippen LogP contribution in [0.4, 0.5) is 0 Å².